The molecule has 0 bridgehead atoms. The molecule has 3 unspecified atom stereocenters. The average Bonchev–Trinajstić information content (AvgIpc) is 2.80. The zero-order valence-corrected chi connectivity index (χ0v) is 13.1. The minimum Gasteiger partial charge on any atom is -0.351 e. The van der Waals surface area contributed by atoms with Crippen LogP contribution in [0.5, 0.6) is 0 Å². The second-order valence-corrected chi connectivity index (χ2v) is 6.10. The highest BCUT2D eigenvalue weighted by molar-refractivity contribution is 5.81. The predicted molar refractivity (Wildman–Crippen MR) is 85.7 cm³/mol. The van der Waals surface area contributed by atoms with E-state index in [1.54, 1.807) is 0 Å². The fraction of sp³-hybridized carbons (Fsp3) is 0.588. The third kappa shape index (κ3) is 4.55. The van der Waals surface area contributed by atoms with E-state index in [2.05, 4.69) is 41.4 Å². The third-order valence-electron chi connectivity index (χ3n) is 4.22. The van der Waals surface area contributed by atoms with Gasteiger partial charge in [0.1, 0.15) is 0 Å². The predicted octanol–water partition coefficient (Wildman–Crippen LogP) is 1.89. The maximum atomic E-state index is 12.0. The van der Waals surface area contributed by atoms with Crippen molar-refractivity contribution in [3.8, 4) is 0 Å². The van der Waals surface area contributed by atoms with Gasteiger partial charge in [0.25, 0.3) is 0 Å². The van der Waals surface area contributed by atoms with Gasteiger partial charge in [-0.2, -0.15) is 0 Å². The highest BCUT2D eigenvalue weighted by Gasteiger charge is 2.30. The minimum absolute atomic E-state index is 0.00406. The molecule has 0 aromatic heterocycles. The van der Waals surface area contributed by atoms with Gasteiger partial charge in [-0.3, -0.25) is 9.69 Å². The molecule has 1 amide bonds. The summed E-state index contributed by atoms with van der Waals surface area (Å²) >= 11 is 0. The maximum absolute atomic E-state index is 12.0. The molecule has 1 aromatic carbocycles. The Bertz CT molecular complexity index is 449. The van der Waals surface area contributed by atoms with E-state index in [0.717, 1.165) is 32.4 Å². The van der Waals surface area contributed by atoms with Crippen molar-refractivity contribution in [1.29, 1.82) is 0 Å². The molecule has 116 valence electrons. The van der Waals surface area contributed by atoms with Crippen molar-refractivity contribution in [3.63, 3.8) is 0 Å². The molecule has 0 aliphatic carbocycles. The number of hydrogen-bond donors (Lipinski definition) is 2. The lowest BCUT2D eigenvalue weighted by Crippen LogP contribution is -2.46. The first-order valence-corrected chi connectivity index (χ1v) is 7.94. The molecule has 1 heterocycles. The highest BCUT2D eigenvalue weighted by atomic mass is 16.2. The van der Waals surface area contributed by atoms with Crippen LogP contribution in [0.4, 0.5) is 0 Å². The Balaban J connectivity index is 1.85. The zero-order chi connectivity index (χ0) is 15.2. The number of nitrogens with zero attached hydrogens (tertiary/aromatic N) is 1. The van der Waals surface area contributed by atoms with Crippen molar-refractivity contribution in [2.75, 3.05) is 6.54 Å². The van der Waals surface area contributed by atoms with Gasteiger partial charge >= 0.3 is 0 Å². The van der Waals surface area contributed by atoms with Crippen LogP contribution < -0.4 is 11.1 Å². The number of hydrogen-bond acceptors (Lipinski definition) is 3. The van der Waals surface area contributed by atoms with Gasteiger partial charge in [0.05, 0.1) is 6.04 Å². The molecule has 4 heteroatoms. The number of likely N-dealkylation sites (tertiary alicyclic amines) is 1. The van der Waals surface area contributed by atoms with Crippen molar-refractivity contribution in [1.82, 2.24) is 10.2 Å². The van der Waals surface area contributed by atoms with Crippen LogP contribution in [0.1, 0.15) is 38.7 Å². The van der Waals surface area contributed by atoms with Gasteiger partial charge in [-0.1, -0.05) is 43.7 Å². The molecule has 3 N–H and O–H groups in total. The molecule has 4 nitrogen and oxygen atoms in total. The van der Waals surface area contributed by atoms with Crippen LogP contribution >= 0.6 is 0 Å². The van der Waals surface area contributed by atoms with Gasteiger partial charge in [0.15, 0.2) is 0 Å². The Morgan fingerprint density at radius 2 is 2.14 bits per heavy atom. The summed E-state index contributed by atoms with van der Waals surface area (Å²) in [6.45, 7) is 6.11. The van der Waals surface area contributed by atoms with Crippen LogP contribution in [0.15, 0.2) is 30.3 Å². The third-order valence-corrected chi connectivity index (χ3v) is 4.22. The second-order valence-electron chi connectivity index (χ2n) is 6.10. The number of benzene rings is 1. The van der Waals surface area contributed by atoms with Crippen LogP contribution in [-0.2, 0) is 11.3 Å². The van der Waals surface area contributed by atoms with Gasteiger partial charge in [-0.05, 0) is 25.3 Å². The van der Waals surface area contributed by atoms with Crippen molar-refractivity contribution >= 4 is 5.91 Å². The monoisotopic (exact) mass is 289 g/mol. The average molecular weight is 289 g/mol. The molecule has 0 spiro atoms. The van der Waals surface area contributed by atoms with E-state index < -0.39 is 0 Å². The largest absolute Gasteiger partial charge is 0.351 e. The molecule has 1 aliphatic heterocycles. The Morgan fingerprint density at radius 3 is 2.81 bits per heavy atom. The summed E-state index contributed by atoms with van der Waals surface area (Å²) in [7, 11) is 0. The summed E-state index contributed by atoms with van der Waals surface area (Å²) < 4.78 is 0. The van der Waals surface area contributed by atoms with Crippen LogP contribution in [0, 0.1) is 0 Å². The lowest BCUT2D eigenvalue weighted by molar-refractivity contribution is -0.123. The number of carbonyl (C=O) groups excluding carboxylic acids is 1. The number of carbonyl (C=O) groups is 1. The number of nitrogens with two attached hydrogens (primary N) is 1. The Hall–Kier alpha value is -1.39. The fourth-order valence-electron chi connectivity index (χ4n) is 2.99. The van der Waals surface area contributed by atoms with Gasteiger partial charge < -0.3 is 11.1 Å². The number of rotatable bonds is 6. The SMILES string of the molecule is CCCC(N)C(=O)NC1CC(C)N(Cc2ccccc2)C1. The quantitative estimate of drug-likeness (QED) is 0.841. The van der Waals surface area contributed by atoms with E-state index in [-0.39, 0.29) is 18.0 Å². The van der Waals surface area contributed by atoms with Crippen molar-refractivity contribution in [3.05, 3.63) is 35.9 Å². The van der Waals surface area contributed by atoms with Crippen molar-refractivity contribution in [2.45, 2.75) is 57.8 Å². The first kappa shape index (κ1) is 16.0. The first-order chi connectivity index (χ1) is 10.1. The van der Waals surface area contributed by atoms with E-state index in [0.29, 0.717) is 6.04 Å². The lowest BCUT2D eigenvalue weighted by atomic mass is 10.1. The highest BCUT2D eigenvalue weighted by Crippen LogP contribution is 2.20. The summed E-state index contributed by atoms with van der Waals surface area (Å²) in [5, 5.41) is 3.10. The lowest BCUT2D eigenvalue weighted by Gasteiger charge is -2.21. The Labute approximate surface area is 127 Å². The van der Waals surface area contributed by atoms with E-state index in [9.17, 15) is 4.79 Å². The van der Waals surface area contributed by atoms with Gasteiger partial charge in [0.2, 0.25) is 5.91 Å². The molecular formula is C17H27N3O. The summed E-state index contributed by atoms with van der Waals surface area (Å²) in [6, 6.07) is 10.8. The molecule has 1 saturated heterocycles. The summed E-state index contributed by atoms with van der Waals surface area (Å²) in [6.07, 6.45) is 2.69. The van der Waals surface area contributed by atoms with Gasteiger partial charge in [-0.15, -0.1) is 0 Å². The van der Waals surface area contributed by atoms with Crippen LogP contribution in [0.3, 0.4) is 0 Å². The smallest absolute Gasteiger partial charge is 0.237 e. The number of nitrogens with one attached hydrogen (secondary N) is 1. The summed E-state index contributed by atoms with van der Waals surface area (Å²) in [5.74, 6) is -0.00406. The van der Waals surface area contributed by atoms with Crippen LogP contribution in [0.25, 0.3) is 0 Å². The molecule has 1 aliphatic rings. The zero-order valence-electron chi connectivity index (χ0n) is 13.1. The normalized spacial score (nSPS) is 24.0. The maximum Gasteiger partial charge on any atom is 0.237 e. The molecule has 21 heavy (non-hydrogen) atoms. The summed E-state index contributed by atoms with van der Waals surface area (Å²) in [5.41, 5.74) is 7.19. The van der Waals surface area contributed by atoms with Gasteiger partial charge in [0, 0.05) is 25.2 Å². The molecule has 0 radical (unpaired) electrons. The molecule has 1 aromatic rings. The van der Waals surface area contributed by atoms with Crippen LogP contribution in [-0.4, -0.2) is 35.5 Å². The second kappa shape index (κ2) is 7.57. The molecule has 2 rings (SSSR count). The molecular weight excluding hydrogens is 262 g/mol. The molecule has 0 saturated carbocycles. The number of amides is 1. The van der Waals surface area contributed by atoms with E-state index in [4.69, 9.17) is 5.73 Å². The molecule has 3 atom stereocenters. The Kier molecular flexibility index (Phi) is 5.76. The topological polar surface area (TPSA) is 58.4 Å². The van der Waals surface area contributed by atoms with E-state index in [1.165, 1.54) is 5.56 Å². The van der Waals surface area contributed by atoms with Crippen LogP contribution in [0.2, 0.25) is 0 Å². The van der Waals surface area contributed by atoms with E-state index >= 15 is 0 Å². The van der Waals surface area contributed by atoms with E-state index in [1.807, 2.05) is 13.0 Å². The summed E-state index contributed by atoms with van der Waals surface area (Å²) in [4.78, 5) is 14.4. The molecule has 1 fully saturated rings. The standard InChI is InChI=1S/C17H27N3O/c1-3-7-16(18)17(21)19-15-10-13(2)20(12-15)11-14-8-5-4-6-9-14/h4-6,8-9,13,15-16H,3,7,10-12,18H2,1-2H3,(H,19,21). The first-order valence-electron chi connectivity index (χ1n) is 7.94. The fourth-order valence-corrected chi connectivity index (χ4v) is 2.99. The van der Waals surface area contributed by atoms with Crippen molar-refractivity contribution in [2.24, 2.45) is 5.73 Å². The van der Waals surface area contributed by atoms with Crippen molar-refractivity contribution < 1.29 is 4.79 Å². The minimum atomic E-state index is -0.367. The van der Waals surface area contributed by atoms with Gasteiger partial charge in [-0.25, -0.2) is 0 Å². The Morgan fingerprint density at radius 1 is 1.43 bits per heavy atom.